The van der Waals surface area contributed by atoms with E-state index in [1.54, 1.807) is 0 Å². The van der Waals surface area contributed by atoms with Gasteiger partial charge >= 0.3 is 5.97 Å². The van der Waals surface area contributed by atoms with Gasteiger partial charge in [0, 0.05) is 6.04 Å². The Balaban J connectivity index is 1.27. The number of carbonyl (C=O) groups is 1. The van der Waals surface area contributed by atoms with Crippen LogP contribution in [0.25, 0.3) is 0 Å². The van der Waals surface area contributed by atoms with E-state index in [1.807, 2.05) is 0 Å². The Labute approximate surface area is 127 Å². The summed E-state index contributed by atoms with van der Waals surface area (Å²) in [5.41, 5.74) is 0. The van der Waals surface area contributed by atoms with Crippen molar-refractivity contribution < 1.29 is 9.90 Å². The third kappa shape index (κ3) is 2.74. The van der Waals surface area contributed by atoms with Gasteiger partial charge in [0.1, 0.15) is 0 Å². The number of rotatable bonds is 4. The first-order valence-corrected chi connectivity index (χ1v) is 9.15. The van der Waals surface area contributed by atoms with Crippen molar-refractivity contribution in [1.82, 2.24) is 5.32 Å². The minimum Gasteiger partial charge on any atom is -0.481 e. The average molecular weight is 291 g/mol. The van der Waals surface area contributed by atoms with E-state index in [-0.39, 0.29) is 5.92 Å². The van der Waals surface area contributed by atoms with Crippen LogP contribution in [-0.4, -0.2) is 23.7 Å². The smallest absolute Gasteiger partial charge is 0.306 e. The molecule has 118 valence electrons. The van der Waals surface area contributed by atoms with E-state index in [9.17, 15) is 4.79 Å². The Morgan fingerprint density at radius 3 is 2.00 bits per heavy atom. The number of carboxylic acids is 1. The Kier molecular flexibility index (Phi) is 3.72. The molecular weight excluding hydrogens is 262 g/mol. The van der Waals surface area contributed by atoms with E-state index in [0.29, 0.717) is 6.04 Å². The molecule has 0 aromatic rings. The first-order chi connectivity index (χ1) is 10.2. The van der Waals surface area contributed by atoms with Crippen molar-refractivity contribution in [3.05, 3.63) is 0 Å². The van der Waals surface area contributed by atoms with Crippen molar-refractivity contribution in [1.29, 1.82) is 0 Å². The van der Waals surface area contributed by atoms with Crippen LogP contribution in [-0.2, 0) is 4.79 Å². The van der Waals surface area contributed by atoms with Gasteiger partial charge in [-0.1, -0.05) is 0 Å². The fraction of sp³-hybridized carbons (Fsp3) is 0.944. The summed E-state index contributed by atoms with van der Waals surface area (Å²) in [6.45, 7) is 1.21. The molecule has 0 spiro atoms. The molecule has 3 nitrogen and oxygen atoms in total. The second kappa shape index (κ2) is 5.57. The zero-order chi connectivity index (χ0) is 14.4. The van der Waals surface area contributed by atoms with Gasteiger partial charge in [0.2, 0.25) is 0 Å². The van der Waals surface area contributed by atoms with E-state index in [2.05, 4.69) is 5.32 Å². The molecule has 0 atom stereocenters. The molecule has 0 aromatic carbocycles. The van der Waals surface area contributed by atoms with Crippen molar-refractivity contribution in [2.45, 2.75) is 63.8 Å². The molecule has 5 fully saturated rings. The third-order valence-electron chi connectivity index (χ3n) is 7.14. The zero-order valence-corrected chi connectivity index (χ0v) is 13.0. The number of aliphatic carboxylic acids is 1. The lowest BCUT2D eigenvalue weighted by atomic mass is 9.52. The summed E-state index contributed by atoms with van der Waals surface area (Å²) >= 11 is 0. The molecule has 0 radical (unpaired) electrons. The maximum absolute atomic E-state index is 11.0. The average Bonchev–Trinajstić information content (AvgIpc) is 2.46. The molecule has 4 bridgehead atoms. The van der Waals surface area contributed by atoms with Crippen molar-refractivity contribution in [2.75, 3.05) is 6.54 Å². The summed E-state index contributed by atoms with van der Waals surface area (Å²) in [6.07, 6.45) is 11.4. The number of hydrogen-bond donors (Lipinski definition) is 2. The first-order valence-electron chi connectivity index (χ1n) is 9.15. The van der Waals surface area contributed by atoms with Crippen LogP contribution in [0.15, 0.2) is 0 Å². The quantitative estimate of drug-likeness (QED) is 0.835. The highest BCUT2D eigenvalue weighted by atomic mass is 16.4. The maximum Gasteiger partial charge on any atom is 0.306 e. The molecular formula is C18H29NO2. The van der Waals surface area contributed by atoms with Crippen LogP contribution < -0.4 is 5.32 Å². The standard InChI is InChI=1S/C18H29NO2/c20-18(21)13-1-3-16(4-2-13)19-10-17-14-6-11-5-12(8-14)9-15(17)7-11/h11-17,19H,1-10H2,(H,20,21). The number of carboxylic acid groups (broad SMARTS) is 1. The van der Waals surface area contributed by atoms with E-state index in [0.717, 1.165) is 55.3 Å². The topological polar surface area (TPSA) is 49.3 Å². The number of nitrogens with one attached hydrogen (secondary N) is 1. The summed E-state index contributed by atoms with van der Waals surface area (Å²) in [7, 11) is 0. The minimum absolute atomic E-state index is 0.0794. The molecule has 5 rings (SSSR count). The van der Waals surface area contributed by atoms with Gasteiger partial charge in [-0.15, -0.1) is 0 Å². The molecule has 0 saturated heterocycles. The number of hydrogen-bond acceptors (Lipinski definition) is 2. The summed E-state index contributed by atoms with van der Waals surface area (Å²) in [5, 5.41) is 12.9. The van der Waals surface area contributed by atoms with Crippen LogP contribution in [0.5, 0.6) is 0 Å². The molecule has 5 aliphatic carbocycles. The molecule has 0 aliphatic heterocycles. The van der Waals surface area contributed by atoms with Gasteiger partial charge in [-0.25, -0.2) is 0 Å². The summed E-state index contributed by atoms with van der Waals surface area (Å²) in [4.78, 5) is 11.0. The van der Waals surface area contributed by atoms with Gasteiger partial charge < -0.3 is 10.4 Å². The van der Waals surface area contributed by atoms with Crippen LogP contribution in [0.1, 0.15) is 57.8 Å². The first kappa shape index (κ1) is 14.0. The van der Waals surface area contributed by atoms with Gasteiger partial charge in [0.15, 0.2) is 0 Å². The van der Waals surface area contributed by atoms with E-state index < -0.39 is 5.97 Å². The lowest BCUT2D eigenvalue weighted by molar-refractivity contribution is -0.142. The molecule has 2 N–H and O–H groups in total. The fourth-order valence-electron chi connectivity index (χ4n) is 6.22. The van der Waals surface area contributed by atoms with Crippen molar-refractivity contribution >= 4 is 5.97 Å². The summed E-state index contributed by atoms with van der Waals surface area (Å²) in [6, 6.07) is 0.581. The monoisotopic (exact) mass is 291 g/mol. The van der Waals surface area contributed by atoms with Crippen LogP contribution in [0.4, 0.5) is 0 Å². The molecule has 0 aromatic heterocycles. The molecule has 0 unspecified atom stereocenters. The Hall–Kier alpha value is -0.570. The lowest BCUT2D eigenvalue weighted by Gasteiger charge is -2.54. The molecule has 0 heterocycles. The fourth-order valence-corrected chi connectivity index (χ4v) is 6.22. The van der Waals surface area contributed by atoms with Crippen molar-refractivity contribution in [3.8, 4) is 0 Å². The van der Waals surface area contributed by atoms with Gasteiger partial charge in [0.05, 0.1) is 5.92 Å². The van der Waals surface area contributed by atoms with Crippen molar-refractivity contribution in [2.24, 2.45) is 35.5 Å². The van der Waals surface area contributed by atoms with Gasteiger partial charge in [-0.2, -0.15) is 0 Å². The van der Waals surface area contributed by atoms with E-state index in [4.69, 9.17) is 5.11 Å². The second-order valence-corrected chi connectivity index (χ2v) is 8.39. The predicted octanol–water partition coefficient (Wildman–Crippen LogP) is 3.29. The van der Waals surface area contributed by atoms with Crippen LogP contribution in [0.2, 0.25) is 0 Å². The van der Waals surface area contributed by atoms with E-state index in [1.165, 1.54) is 38.6 Å². The molecule has 5 aliphatic rings. The molecule has 5 saturated carbocycles. The molecule has 0 amide bonds. The highest BCUT2D eigenvalue weighted by molar-refractivity contribution is 5.70. The summed E-state index contributed by atoms with van der Waals surface area (Å²) < 4.78 is 0. The highest BCUT2D eigenvalue weighted by Crippen LogP contribution is 2.56. The Morgan fingerprint density at radius 2 is 1.48 bits per heavy atom. The molecule has 3 heteroatoms. The Morgan fingerprint density at radius 1 is 0.905 bits per heavy atom. The van der Waals surface area contributed by atoms with Gasteiger partial charge in [0.25, 0.3) is 0 Å². The SMILES string of the molecule is O=C(O)C1CCC(NCC2C3CC4CC(C3)CC2C4)CC1. The zero-order valence-electron chi connectivity index (χ0n) is 13.0. The predicted molar refractivity (Wildman–Crippen MR) is 81.9 cm³/mol. The lowest BCUT2D eigenvalue weighted by Crippen LogP contribution is -2.50. The largest absolute Gasteiger partial charge is 0.481 e. The van der Waals surface area contributed by atoms with Crippen LogP contribution >= 0.6 is 0 Å². The normalized spacial score (nSPS) is 48.5. The third-order valence-corrected chi connectivity index (χ3v) is 7.14. The van der Waals surface area contributed by atoms with Gasteiger partial charge in [-0.05, 0) is 93.9 Å². The van der Waals surface area contributed by atoms with Crippen LogP contribution in [0.3, 0.4) is 0 Å². The maximum atomic E-state index is 11.0. The molecule has 21 heavy (non-hydrogen) atoms. The minimum atomic E-state index is -0.588. The summed E-state index contributed by atoms with van der Waals surface area (Å²) in [5.74, 6) is 4.39. The second-order valence-electron chi connectivity index (χ2n) is 8.39. The van der Waals surface area contributed by atoms with Crippen molar-refractivity contribution in [3.63, 3.8) is 0 Å². The highest BCUT2D eigenvalue weighted by Gasteiger charge is 2.47. The Bertz CT molecular complexity index is 372. The van der Waals surface area contributed by atoms with Crippen LogP contribution in [0, 0.1) is 35.5 Å². The van der Waals surface area contributed by atoms with Gasteiger partial charge in [-0.3, -0.25) is 4.79 Å². The van der Waals surface area contributed by atoms with E-state index >= 15 is 0 Å².